The first kappa shape index (κ1) is 14.9. The minimum atomic E-state index is 0.788. The van der Waals surface area contributed by atoms with Crippen molar-refractivity contribution in [3.8, 4) is 11.1 Å². The van der Waals surface area contributed by atoms with Crippen molar-refractivity contribution in [2.45, 2.75) is 0 Å². The van der Waals surface area contributed by atoms with E-state index in [1.54, 1.807) is 0 Å². The normalized spacial score (nSPS) is 10.6. The summed E-state index contributed by atoms with van der Waals surface area (Å²) in [5.74, 6) is 0. The molecule has 0 aliphatic rings. The molecule has 0 unspecified atom stereocenters. The van der Waals surface area contributed by atoms with E-state index in [-0.39, 0.29) is 0 Å². The van der Waals surface area contributed by atoms with Gasteiger partial charge in [0, 0.05) is 10.0 Å². The Bertz CT molecular complexity index is 643. The zero-order valence-corrected chi connectivity index (χ0v) is 14.3. The highest BCUT2D eigenvalue weighted by Gasteiger charge is 2.15. The summed E-state index contributed by atoms with van der Waals surface area (Å²) in [7, 11) is 10.9. The summed E-state index contributed by atoms with van der Waals surface area (Å²) in [6.07, 6.45) is 0. The predicted octanol–water partition coefficient (Wildman–Crippen LogP) is -3.94. The number of hydrogen-bond donors (Lipinski definition) is 0. The van der Waals surface area contributed by atoms with Gasteiger partial charge in [0.1, 0.15) is 39.2 Å². The molecule has 0 nitrogen and oxygen atoms in total. The van der Waals surface area contributed by atoms with Gasteiger partial charge >= 0.3 is 0 Å². The molecule has 0 radical (unpaired) electrons. The molecular formula is C12H13B5BrCl. The zero-order chi connectivity index (χ0) is 14.3. The number of hydrogen-bond acceptors (Lipinski definition) is 0. The van der Waals surface area contributed by atoms with Gasteiger partial charge in [-0.2, -0.15) is 0 Å². The van der Waals surface area contributed by atoms with Crippen molar-refractivity contribution in [3.05, 3.63) is 27.7 Å². The third-order valence-electron chi connectivity index (χ3n) is 4.22. The first-order chi connectivity index (χ1) is 8.86. The van der Waals surface area contributed by atoms with Gasteiger partial charge in [0.25, 0.3) is 0 Å². The maximum Gasteiger partial charge on any atom is 0.139 e. The van der Waals surface area contributed by atoms with Gasteiger partial charge in [0.15, 0.2) is 0 Å². The van der Waals surface area contributed by atoms with E-state index in [1.807, 2.05) is 12.1 Å². The van der Waals surface area contributed by atoms with Gasteiger partial charge < -0.3 is 0 Å². The molecule has 0 aliphatic heterocycles. The van der Waals surface area contributed by atoms with E-state index >= 15 is 0 Å². The smallest absolute Gasteiger partial charge is 0.102 e. The largest absolute Gasteiger partial charge is 0.139 e. The van der Waals surface area contributed by atoms with Crippen molar-refractivity contribution in [1.29, 1.82) is 0 Å². The van der Waals surface area contributed by atoms with E-state index in [0.29, 0.717) is 0 Å². The lowest BCUT2D eigenvalue weighted by Crippen LogP contribution is -2.55. The molecule has 0 saturated carbocycles. The molecule has 0 fully saturated rings. The van der Waals surface area contributed by atoms with E-state index < -0.39 is 0 Å². The Labute approximate surface area is 132 Å². The zero-order valence-electron chi connectivity index (χ0n) is 12.0. The fourth-order valence-corrected chi connectivity index (χ4v) is 3.19. The lowest BCUT2D eigenvalue weighted by atomic mass is 9.59. The summed E-state index contributed by atoms with van der Waals surface area (Å²) in [6, 6.07) is 6.11. The third kappa shape index (κ3) is 2.45. The number of halogens is 2. The molecule has 7 heteroatoms. The van der Waals surface area contributed by atoms with Crippen LogP contribution in [-0.2, 0) is 0 Å². The van der Waals surface area contributed by atoms with E-state index in [0.717, 1.165) is 15.1 Å². The van der Waals surface area contributed by atoms with Gasteiger partial charge in [-0.15, -0.1) is 16.4 Å². The van der Waals surface area contributed by atoms with Crippen LogP contribution in [0.3, 0.4) is 0 Å². The Hall–Kier alpha value is -0.465. The first-order valence-corrected chi connectivity index (χ1v) is 7.54. The van der Waals surface area contributed by atoms with Crippen LogP contribution in [0.15, 0.2) is 22.7 Å². The Balaban J connectivity index is 2.87. The molecule has 0 saturated heterocycles. The van der Waals surface area contributed by atoms with Crippen molar-refractivity contribution in [2.24, 2.45) is 0 Å². The van der Waals surface area contributed by atoms with E-state index in [2.05, 4.69) is 61.2 Å². The van der Waals surface area contributed by atoms with Gasteiger partial charge in [0.2, 0.25) is 0 Å². The predicted molar refractivity (Wildman–Crippen MR) is 105 cm³/mol. The van der Waals surface area contributed by atoms with Crippen LogP contribution in [0.2, 0.25) is 5.02 Å². The standard InChI is InChI=1S/C12H13B5BrCl/c13-7-6(4-2-1-3-5(18)12(4)19)8(14)10(16)11(17)9(7)15/h1-3H,13-17H2. The highest BCUT2D eigenvalue weighted by Crippen LogP contribution is 2.31. The summed E-state index contributed by atoms with van der Waals surface area (Å²) in [4.78, 5) is 0. The highest BCUT2D eigenvalue weighted by atomic mass is 79.9. The van der Waals surface area contributed by atoms with Crippen LogP contribution in [0, 0.1) is 0 Å². The maximum atomic E-state index is 6.47. The van der Waals surface area contributed by atoms with Crippen molar-refractivity contribution >= 4 is 94.1 Å². The Morgan fingerprint density at radius 3 is 1.79 bits per heavy atom. The van der Waals surface area contributed by atoms with Gasteiger partial charge in [-0.05, 0) is 27.6 Å². The van der Waals surface area contributed by atoms with Crippen LogP contribution in [-0.4, -0.2) is 39.2 Å². The second-order valence-corrected chi connectivity index (χ2v) is 6.33. The number of rotatable bonds is 1. The molecule has 0 bridgehead atoms. The second-order valence-electron chi connectivity index (χ2n) is 5.10. The monoisotopic (exact) mass is 326 g/mol. The average Bonchev–Trinajstić information content (AvgIpc) is 2.39. The quantitative estimate of drug-likeness (QED) is 0.470. The Kier molecular flexibility index (Phi) is 4.32. The minimum absolute atomic E-state index is 0.788. The van der Waals surface area contributed by atoms with Crippen molar-refractivity contribution < 1.29 is 0 Å². The van der Waals surface area contributed by atoms with Crippen molar-refractivity contribution in [3.63, 3.8) is 0 Å². The molecular weight excluding hydrogens is 314 g/mol. The summed E-state index contributed by atoms with van der Waals surface area (Å²) < 4.78 is 0.946. The molecule has 0 aromatic heterocycles. The molecule has 90 valence electrons. The molecule has 2 aromatic carbocycles. The molecule has 0 aliphatic carbocycles. The first-order valence-electron chi connectivity index (χ1n) is 6.37. The molecule has 0 spiro atoms. The third-order valence-corrected chi connectivity index (χ3v) is 5.52. The van der Waals surface area contributed by atoms with Gasteiger partial charge in [-0.3, -0.25) is 0 Å². The lowest BCUT2D eigenvalue weighted by Gasteiger charge is -2.21. The van der Waals surface area contributed by atoms with Crippen LogP contribution >= 0.6 is 27.5 Å². The summed E-state index contributed by atoms with van der Waals surface area (Å²) >= 11 is 9.98. The maximum absolute atomic E-state index is 6.47. The van der Waals surface area contributed by atoms with Crippen LogP contribution in [0.5, 0.6) is 0 Å². The second kappa shape index (κ2) is 5.50. The molecule has 0 atom stereocenters. The topological polar surface area (TPSA) is 0 Å². The van der Waals surface area contributed by atoms with Gasteiger partial charge in [-0.1, -0.05) is 34.7 Å². The number of benzene rings is 2. The highest BCUT2D eigenvalue weighted by molar-refractivity contribution is 9.10. The van der Waals surface area contributed by atoms with Crippen LogP contribution in [0.4, 0.5) is 0 Å². The summed E-state index contributed by atoms with van der Waals surface area (Å²) in [6.45, 7) is 0. The van der Waals surface area contributed by atoms with Crippen LogP contribution in [0.25, 0.3) is 11.1 Å². The molecule has 19 heavy (non-hydrogen) atoms. The molecule has 2 aromatic rings. The van der Waals surface area contributed by atoms with Crippen LogP contribution < -0.4 is 27.3 Å². The van der Waals surface area contributed by atoms with E-state index in [1.165, 1.54) is 32.9 Å². The molecule has 2 rings (SSSR count). The van der Waals surface area contributed by atoms with Crippen LogP contribution in [0.1, 0.15) is 0 Å². The van der Waals surface area contributed by atoms with Crippen molar-refractivity contribution in [1.82, 2.24) is 0 Å². The molecule has 0 N–H and O–H groups in total. The van der Waals surface area contributed by atoms with Crippen molar-refractivity contribution in [2.75, 3.05) is 0 Å². The Morgan fingerprint density at radius 2 is 1.26 bits per heavy atom. The van der Waals surface area contributed by atoms with E-state index in [4.69, 9.17) is 11.6 Å². The minimum Gasteiger partial charge on any atom is -0.102 e. The fraction of sp³-hybridized carbons (Fsp3) is 0. The average molecular weight is 327 g/mol. The summed E-state index contributed by atoms with van der Waals surface area (Å²) in [5.41, 5.74) is 9.11. The fourth-order valence-electron chi connectivity index (χ4n) is 2.60. The van der Waals surface area contributed by atoms with Gasteiger partial charge in [-0.25, -0.2) is 0 Å². The molecule has 0 amide bonds. The van der Waals surface area contributed by atoms with Gasteiger partial charge in [0.05, 0.1) is 5.02 Å². The lowest BCUT2D eigenvalue weighted by molar-refractivity contribution is 1.64. The Morgan fingerprint density at radius 1 is 0.789 bits per heavy atom. The molecule has 0 heterocycles. The summed E-state index contributed by atoms with van der Waals surface area (Å²) in [5, 5.41) is 0.788. The SMILES string of the molecule is Bc1c(B)c(B)c(-c2cccc(Br)c2Cl)c(B)c1B. The van der Waals surface area contributed by atoms with E-state index in [9.17, 15) is 0 Å².